The molecule has 0 saturated carbocycles. The molecule has 0 aliphatic heterocycles. The van der Waals surface area contributed by atoms with Crippen molar-refractivity contribution in [3.8, 4) is 0 Å². The van der Waals surface area contributed by atoms with Crippen molar-refractivity contribution in [3.05, 3.63) is 10.5 Å². The van der Waals surface area contributed by atoms with E-state index in [2.05, 4.69) is 10.2 Å². The molecule has 0 amide bonds. The van der Waals surface area contributed by atoms with Crippen molar-refractivity contribution >= 4 is 11.8 Å². The summed E-state index contributed by atoms with van der Waals surface area (Å²) in [7, 11) is 0. The summed E-state index contributed by atoms with van der Waals surface area (Å²) in [6.07, 6.45) is -4.26. The second-order valence-electron chi connectivity index (χ2n) is 4.43. The van der Waals surface area contributed by atoms with E-state index in [1.165, 1.54) is 4.57 Å². The standard InChI is InChI=1S/C10H17F3N4OS/c1-4-6(14)7(10(11,12)13)19-9-16-15-8(18)17(9)5(2)3/h5-7H,4,14H2,1-3H3,(H,15,18). The monoisotopic (exact) mass is 298 g/mol. The number of aromatic nitrogens is 3. The Labute approximate surface area is 112 Å². The number of nitrogens with one attached hydrogen (secondary N) is 1. The van der Waals surface area contributed by atoms with Gasteiger partial charge in [0.1, 0.15) is 5.25 Å². The lowest BCUT2D eigenvalue weighted by Crippen LogP contribution is -2.42. The van der Waals surface area contributed by atoms with Crippen LogP contribution >= 0.6 is 11.8 Å². The molecule has 0 fully saturated rings. The molecule has 0 aromatic carbocycles. The highest BCUT2D eigenvalue weighted by Gasteiger charge is 2.44. The van der Waals surface area contributed by atoms with Gasteiger partial charge in [-0.2, -0.15) is 13.2 Å². The molecular weight excluding hydrogens is 281 g/mol. The summed E-state index contributed by atoms with van der Waals surface area (Å²) in [6.45, 7) is 4.98. The van der Waals surface area contributed by atoms with E-state index in [9.17, 15) is 18.0 Å². The average molecular weight is 298 g/mol. The number of hydrogen-bond acceptors (Lipinski definition) is 4. The Hall–Kier alpha value is -0.960. The van der Waals surface area contributed by atoms with Gasteiger partial charge in [0.2, 0.25) is 0 Å². The molecule has 0 saturated heterocycles. The van der Waals surface area contributed by atoms with Gasteiger partial charge in [0, 0.05) is 12.1 Å². The normalized spacial score (nSPS) is 15.8. The van der Waals surface area contributed by atoms with E-state index in [4.69, 9.17) is 5.73 Å². The predicted octanol–water partition coefficient (Wildman–Crippen LogP) is 1.91. The third kappa shape index (κ3) is 3.75. The average Bonchev–Trinajstić information content (AvgIpc) is 2.64. The van der Waals surface area contributed by atoms with Gasteiger partial charge in [-0.25, -0.2) is 9.89 Å². The van der Waals surface area contributed by atoms with Crippen LogP contribution in [0.25, 0.3) is 0 Å². The van der Waals surface area contributed by atoms with Crippen LogP contribution in [-0.4, -0.2) is 32.2 Å². The number of rotatable bonds is 5. The summed E-state index contributed by atoms with van der Waals surface area (Å²) in [5, 5.41) is 4.02. The molecule has 2 unspecified atom stereocenters. The van der Waals surface area contributed by atoms with Crippen LogP contribution in [0, 0.1) is 0 Å². The number of halogens is 3. The zero-order chi connectivity index (χ0) is 14.8. The van der Waals surface area contributed by atoms with E-state index in [0.717, 1.165) is 0 Å². The van der Waals surface area contributed by atoms with Crippen LogP contribution < -0.4 is 11.4 Å². The number of nitrogens with zero attached hydrogens (tertiary/aromatic N) is 2. The van der Waals surface area contributed by atoms with Crippen molar-refractivity contribution in [2.45, 2.75) is 55.9 Å². The van der Waals surface area contributed by atoms with Crippen LogP contribution in [0.5, 0.6) is 0 Å². The van der Waals surface area contributed by atoms with E-state index < -0.39 is 23.2 Å². The van der Waals surface area contributed by atoms with Crippen LogP contribution in [0.4, 0.5) is 13.2 Å². The largest absolute Gasteiger partial charge is 0.402 e. The molecule has 2 atom stereocenters. The van der Waals surface area contributed by atoms with Crippen molar-refractivity contribution < 1.29 is 13.2 Å². The highest BCUT2D eigenvalue weighted by Crippen LogP contribution is 2.36. The fraction of sp³-hybridized carbons (Fsp3) is 0.800. The molecule has 0 aliphatic rings. The first kappa shape index (κ1) is 16.1. The molecule has 19 heavy (non-hydrogen) atoms. The topological polar surface area (TPSA) is 76.7 Å². The lowest BCUT2D eigenvalue weighted by molar-refractivity contribution is -0.132. The first-order valence-corrected chi connectivity index (χ1v) is 6.72. The minimum absolute atomic E-state index is 0.00576. The third-order valence-electron chi connectivity index (χ3n) is 2.60. The van der Waals surface area contributed by atoms with Gasteiger partial charge in [0.15, 0.2) is 5.16 Å². The molecule has 0 aliphatic carbocycles. The van der Waals surface area contributed by atoms with Gasteiger partial charge in [0.05, 0.1) is 0 Å². The van der Waals surface area contributed by atoms with Crippen LogP contribution in [0.1, 0.15) is 33.2 Å². The van der Waals surface area contributed by atoms with Gasteiger partial charge in [-0.1, -0.05) is 18.7 Å². The third-order valence-corrected chi connectivity index (χ3v) is 3.97. The fourth-order valence-corrected chi connectivity index (χ4v) is 2.79. The number of nitrogens with two attached hydrogens (primary N) is 1. The lowest BCUT2D eigenvalue weighted by Gasteiger charge is -2.24. The van der Waals surface area contributed by atoms with Crippen molar-refractivity contribution in [2.24, 2.45) is 5.73 Å². The Morgan fingerprint density at radius 2 is 2.05 bits per heavy atom. The van der Waals surface area contributed by atoms with Crippen molar-refractivity contribution in [2.75, 3.05) is 0 Å². The maximum atomic E-state index is 13.0. The highest BCUT2D eigenvalue weighted by molar-refractivity contribution is 7.99. The smallest absolute Gasteiger partial charge is 0.326 e. The zero-order valence-electron chi connectivity index (χ0n) is 10.9. The van der Waals surface area contributed by atoms with Gasteiger partial charge in [-0.3, -0.25) is 4.57 Å². The van der Waals surface area contributed by atoms with Gasteiger partial charge in [-0.05, 0) is 20.3 Å². The molecule has 1 heterocycles. The van der Waals surface area contributed by atoms with E-state index in [-0.39, 0.29) is 17.6 Å². The van der Waals surface area contributed by atoms with Crippen molar-refractivity contribution in [3.63, 3.8) is 0 Å². The van der Waals surface area contributed by atoms with Crippen LogP contribution in [0.15, 0.2) is 9.95 Å². The lowest BCUT2D eigenvalue weighted by atomic mass is 10.1. The summed E-state index contributed by atoms with van der Waals surface area (Å²) in [5.74, 6) is 0. The zero-order valence-corrected chi connectivity index (χ0v) is 11.7. The van der Waals surface area contributed by atoms with E-state index in [1.54, 1.807) is 20.8 Å². The molecule has 0 bridgehead atoms. The van der Waals surface area contributed by atoms with E-state index in [1.807, 2.05) is 0 Å². The molecule has 1 aromatic rings. The molecule has 1 aromatic heterocycles. The highest BCUT2D eigenvalue weighted by atomic mass is 32.2. The number of thioether (sulfide) groups is 1. The maximum absolute atomic E-state index is 13.0. The molecule has 3 N–H and O–H groups in total. The Morgan fingerprint density at radius 1 is 1.47 bits per heavy atom. The number of hydrogen-bond donors (Lipinski definition) is 2. The molecule has 110 valence electrons. The Kier molecular flexibility index (Phi) is 5.08. The molecular formula is C10H17F3N4OS. The van der Waals surface area contributed by atoms with Gasteiger partial charge in [-0.15, -0.1) is 5.10 Å². The summed E-state index contributed by atoms with van der Waals surface area (Å²) in [5.41, 5.74) is 4.99. The first-order valence-electron chi connectivity index (χ1n) is 5.84. The number of H-pyrrole nitrogens is 1. The number of alkyl halides is 3. The Balaban J connectivity index is 3.07. The minimum atomic E-state index is -4.45. The maximum Gasteiger partial charge on any atom is 0.402 e. The molecule has 5 nitrogen and oxygen atoms in total. The fourth-order valence-electron chi connectivity index (χ4n) is 1.55. The molecule has 9 heteroatoms. The van der Waals surface area contributed by atoms with E-state index >= 15 is 0 Å². The van der Waals surface area contributed by atoms with Gasteiger partial charge >= 0.3 is 11.9 Å². The second kappa shape index (κ2) is 6.00. The summed E-state index contributed by atoms with van der Waals surface area (Å²) in [6, 6.07) is -1.32. The number of aromatic amines is 1. The van der Waals surface area contributed by atoms with Crippen molar-refractivity contribution in [1.82, 2.24) is 14.8 Å². The van der Waals surface area contributed by atoms with Crippen LogP contribution in [-0.2, 0) is 0 Å². The predicted molar refractivity (Wildman–Crippen MR) is 67.2 cm³/mol. The summed E-state index contributed by atoms with van der Waals surface area (Å²) in [4.78, 5) is 11.5. The minimum Gasteiger partial charge on any atom is -0.326 e. The summed E-state index contributed by atoms with van der Waals surface area (Å²) >= 11 is 0.475. The van der Waals surface area contributed by atoms with Crippen LogP contribution in [0.3, 0.4) is 0 Å². The van der Waals surface area contributed by atoms with Crippen LogP contribution in [0.2, 0.25) is 0 Å². The van der Waals surface area contributed by atoms with Crippen molar-refractivity contribution in [1.29, 1.82) is 0 Å². The second-order valence-corrected chi connectivity index (χ2v) is 5.54. The van der Waals surface area contributed by atoms with Gasteiger partial charge < -0.3 is 5.73 Å². The molecule has 0 radical (unpaired) electrons. The summed E-state index contributed by atoms with van der Waals surface area (Å²) < 4.78 is 40.1. The molecule has 0 spiro atoms. The quantitative estimate of drug-likeness (QED) is 0.814. The van der Waals surface area contributed by atoms with Gasteiger partial charge in [0.25, 0.3) is 0 Å². The Bertz CT molecular complexity index is 468. The Morgan fingerprint density at radius 3 is 2.47 bits per heavy atom. The molecule has 1 rings (SSSR count). The SMILES string of the molecule is CCC(N)C(Sc1n[nH]c(=O)n1C(C)C)C(F)(F)F. The first-order chi connectivity index (χ1) is 8.68. The van der Waals surface area contributed by atoms with E-state index in [0.29, 0.717) is 11.8 Å².